The molecular formula is C17H13ClNO2Y-. The van der Waals surface area contributed by atoms with E-state index >= 15 is 0 Å². The fraction of sp³-hybridized carbons (Fsp3) is 0.235. The topological polar surface area (TPSA) is 29.5 Å². The van der Waals surface area contributed by atoms with Crippen LogP contribution in [0.15, 0.2) is 36.4 Å². The maximum Gasteiger partial charge on any atom is 0.229 e. The maximum absolute atomic E-state index is 12.6. The van der Waals surface area contributed by atoms with Crippen molar-refractivity contribution in [3.8, 4) is 11.5 Å². The van der Waals surface area contributed by atoms with Gasteiger partial charge in [-0.1, -0.05) is 11.6 Å². The minimum absolute atomic E-state index is 0. The van der Waals surface area contributed by atoms with Crippen molar-refractivity contribution >= 4 is 17.5 Å². The van der Waals surface area contributed by atoms with Crippen molar-refractivity contribution in [1.82, 2.24) is 4.90 Å². The molecule has 0 aliphatic carbocycles. The monoisotopic (exact) mass is 387 g/mol. The second-order valence-electron chi connectivity index (χ2n) is 5.55. The second kappa shape index (κ2) is 5.95. The van der Waals surface area contributed by atoms with Gasteiger partial charge >= 0.3 is 0 Å². The molecule has 2 heterocycles. The van der Waals surface area contributed by atoms with Crippen LogP contribution < -0.4 is 4.74 Å². The summed E-state index contributed by atoms with van der Waals surface area (Å²) in [5, 5.41) is 0.621. The number of ether oxygens (including phenoxy) is 1. The molecule has 4 rings (SSSR count). The van der Waals surface area contributed by atoms with Gasteiger partial charge in [0.15, 0.2) is 0 Å². The molecule has 0 spiro atoms. The van der Waals surface area contributed by atoms with Gasteiger partial charge in [0.25, 0.3) is 0 Å². The number of likely N-dealkylation sites (tertiary alicyclic amines) is 1. The number of amides is 1. The number of carbonyl (C=O) groups is 1. The van der Waals surface area contributed by atoms with Crippen molar-refractivity contribution in [3.05, 3.63) is 58.6 Å². The van der Waals surface area contributed by atoms with E-state index in [0.717, 1.165) is 16.9 Å². The Balaban J connectivity index is 0.00000144. The molecule has 1 amide bonds. The molecule has 1 radical (unpaired) electrons. The van der Waals surface area contributed by atoms with E-state index in [4.69, 9.17) is 16.3 Å². The van der Waals surface area contributed by atoms with Gasteiger partial charge in [0.05, 0.1) is 5.92 Å². The van der Waals surface area contributed by atoms with E-state index in [1.807, 2.05) is 37.4 Å². The Morgan fingerprint density at radius 2 is 2.05 bits per heavy atom. The smallest absolute Gasteiger partial charge is 0.229 e. The number of benzene rings is 2. The van der Waals surface area contributed by atoms with Crippen LogP contribution in [0.1, 0.15) is 23.0 Å². The number of hydrogen-bond acceptors (Lipinski definition) is 2. The first-order valence-corrected chi connectivity index (χ1v) is 7.25. The van der Waals surface area contributed by atoms with Gasteiger partial charge in [-0.15, -0.1) is 11.6 Å². The molecule has 2 atom stereocenters. The fourth-order valence-electron chi connectivity index (χ4n) is 3.31. The van der Waals surface area contributed by atoms with Crippen molar-refractivity contribution in [1.29, 1.82) is 0 Å². The number of carbonyl (C=O) groups excluding carboxylic acids is 1. The van der Waals surface area contributed by atoms with Gasteiger partial charge in [-0.25, -0.2) is 0 Å². The molecule has 0 N–H and O–H groups in total. The molecule has 22 heavy (non-hydrogen) atoms. The molecule has 3 nitrogen and oxygen atoms in total. The van der Waals surface area contributed by atoms with Gasteiger partial charge in [-0.2, -0.15) is 18.2 Å². The summed E-state index contributed by atoms with van der Waals surface area (Å²) in [7, 11) is 1.84. The quantitative estimate of drug-likeness (QED) is 0.647. The molecule has 2 unspecified atom stereocenters. The number of hydrogen-bond donors (Lipinski definition) is 0. The molecular weight excluding hydrogens is 375 g/mol. The van der Waals surface area contributed by atoms with Crippen LogP contribution in [0.3, 0.4) is 0 Å². The summed E-state index contributed by atoms with van der Waals surface area (Å²) in [5.41, 5.74) is 1.91. The van der Waals surface area contributed by atoms with Crippen molar-refractivity contribution in [2.45, 2.75) is 11.8 Å². The Bertz CT molecular complexity index is 749. The summed E-state index contributed by atoms with van der Waals surface area (Å²) in [6.07, 6.45) is 0. The Labute approximate surface area is 159 Å². The zero-order valence-corrected chi connectivity index (χ0v) is 15.6. The number of fused-ring (bicyclic) bond motifs is 5. The first kappa shape index (κ1) is 16.0. The van der Waals surface area contributed by atoms with Crippen LogP contribution in [0, 0.1) is 6.07 Å². The van der Waals surface area contributed by atoms with Gasteiger partial charge < -0.3 is 9.64 Å². The van der Waals surface area contributed by atoms with Crippen LogP contribution in [0.2, 0.25) is 5.02 Å². The number of halogens is 1. The number of rotatable bonds is 0. The van der Waals surface area contributed by atoms with Crippen LogP contribution in [-0.4, -0.2) is 24.4 Å². The molecule has 0 bridgehead atoms. The van der Waals surface area contributed by atoms with E-state index in [9.17, 15) is 4.79 Å². The molecule has 2 aliphatic rings. The third-order valence-electron chi connectivity index (χ3n) is 4.30. The third-order valence-corrected chi connectivity index (χ3v) is 4.53. The van der Waals surface area contributed by atoms with E-state index < -0.39 is 0 Å². The van der Waals surface area contributed by atoms with E-state index in [1.165, 1.54) is 0 Å². The maximum atomic E-state index is 12.6. The summed E-state index contributed by atoms with van der Waals surface area (Å²) < 4.78 is 6.03. The van der Waals surface area contributed by atoms with Crippen molar-refractivity contribution in [2.24, 2.45) is 0 Å². The zero-order chi connectivity index (χ0) is 14.6. The predicted molar refractivity (Wildman–Crippen MR) is 79.9 cm³/mol. The Morgan fingerprint density at radius 3 is 2.86 bits per heavy atom. The van der Waals surface area contributed by atoms with E-state index in [-0.39, 0.29) is 50.5 Å². The van der Waals surface area contributed by atoms with Gasteiger partial charge in [-0.3, -0.25) is 4.79 Å². The van der Waals surface area contributed by atoms with Crippen molar-refractivity contribution < 1.29 is 42.2 Å². The number of nitrogens with zero attached hydrogens (tertiary/aromatic N) is 1. The fourth-order valence-corrected chi connectivity index (χ4v) is 3.49. The minimum Gasteiger partial charge on any atom is -0.482 e. The first-order valence-electron chi connectivity index (χ1n) is 6.87. The third kappa shape index (κ3) is 2.40. The molecule has 109 valence electrons. The Morgan fingerprint density at radius 1 is 1.27 bits per heavy atom. The van der Waals surface area contributed by atoms with E-state index in [0.29, 0.717) is 17.3 Å². The van der Waals surface area contributed by atoms with Gasteiger partial charge in [0.2, 0.25) is 5.91 Å². The molecule has 0 saturated carbocycles. The van der Waals surface area contributed by atoms with Crippen LogP contribution in [0.5, 0.6) is 11.5 Å². The second-order valence-corrected chi connectivity index (χ2v) is 5.99. The molecule has 1 saturated heterocycles. The SMILES string of the molecule is CN1CC2c3c[c-]ccc3Oc3ccc(Cl)cc3C2C1=O.[Y]. The Hall–Kier alpha value is -0.896. The summed E-state index contributed by atoms with van der Waals surface area (Å²) in [6.45, 7) is 0.684. The standard InChI is InChI=1S/C17H13ClNO2.Y/c1-19-9-13-11-4-2-3-5-14(11)21-15-7-6-10(18)8-12(15)16(13)17(19)20;/h3-8,13,16H,9H2,1H3;/q-1;. The van der Waals surface area contributed by atoms with E-state index in [1.54, 1.807) is 11.0 Å². The van der Waals surface area contributed by atoms with Gasteiger partial charge in [0, 0.05) is 62.6 Å². The van der Waals surface area contributed by atoms with E-state index in [2.05, 4.69) is 6.07 Å². The number of likely N-dealkylation sites (N-methyl/N-ethyl adjacent to an activating group) is 1. The zero-order valence-electron chi connectivity index (χ0n) is 12.0. The predicted octanol–water partition coefficient (Wildman–Crippen LogP) is 3.58. The average Bonchev–Trinajstić information content (AvgIpc) is 2.70. The molecule has 2 aromatic carbocycles. The molecule has 1 fully saturated rings. The molecule has 5 heteroatoms. The van der Waals surface area contributed by atoms with Crippen LogP contribution >= 0.6 is 11.6 Å². The summed E-state index contributed by atoms with van der Waals surface area (Å²) >= 11 is 6.13. The summed E-state index contributed by atoms with van der Waals surface area (Å²) in [4.78, 5) is 14.4. The first-order chi connectivity index (χ1) is 10.1. The molecule has 0 aromatic heterocycles. The Kier molecular flexibility index (Phi) is 4.32. The van der Waals surface area contributed by atoms with Crippen LogP contribution in [0.25, 0.3) is 0 Å². The van der Waals surface area contributed by atoms with Gasteiger partial charge in [0.1, 0.15) is 5.75 Å². The molecule has 2 aliphatic heterocycles. The van der Waals surface area contributed by atoms with Crippen LogP contribution in [-0.2, 0) is 37.5 Å². The van der Waals surface area contributed by atoms with Crippen LogP contribution in [0.4, 0.5) is 0 Å². The average molecular weight is 388 g/mol. The molecule has 2 aromatic rings. The largest absolute Gasteiger partial charge is 0.482 e. The summed E-state index contributed by atoms with van der Waals surface area (Å²) in [5.74, 6) is 1.47. The normalized spacial score (nSPS) is 21.9. The van der Waals surface area contributed by atoms with Gasteiger partial charge in [-0.05, 0) is 24.1 Å². The minimum atomic E-state index is -0.235. The van der Waals surface area contributed by atoms with Crippen molar-refractivity contribution in [2.75, 3.05) is 13.6 Å². The van der Waals surface area contributed by atoms with Crippen molar-refractivity contribution in [3.63, 3.8) is 0 Å². The summed E-state index contributed by atoms with van der Waals surface area (Å²) in [6, 6.07) is 14.2.